The molecule has 0 fully saturated rings. The van der Waals surface area contributed by atoms with E-state index in [1.54, 1.807) is 0 Å². The standard InChI is InChI=1S/C15H8ClF2NO/c16-14-9(2-1-3-12(14)18)15(20)11-7-19-13-5-4-8(17)6-10(11)13/h1-7,19H. The van der Waals surface area contributed by atoms with Gasteiger partial charge >= 0.3 is 0 Å². The summed E-state index contributed by atoms with van der Waals surface area (Å²) in [5, 5.41) is 0.207. The molecule has 0 amide bonds. The summed E-state index contributed by atoms with van der Waals surface area (Å²) in [5.74, 6) is -1.56. The highest BCUT2D eigenvalue weighted by atomic mass is 35.5. The summed E-state index contributed by atoms with van der Waals surface area (Å²) >= 11 is 5.81. The molecular weight excluding hydrogens is 284 g/mol. The fourth-order valence-electron chi connectivity index (χ4n) is 2.10. The van der Waals surface area contributed by atoms with E-state index in [-0.39, 0.29) is 16.1 Å². The smallest absolute Gasteiger partial charge is 0.196 e. The molecule has 0 atom stereocenters. The average molecular weight is 292 g/mol. The Hall–Kier alpha value is -2.20. The average Bonchev–Trinajstić information content (AvgIpc) is 2.84. The van der Waals surface area contributed by atoms with Gasteiger partial charge in [0.15, 0.2) is 5.78 Å². The van der Waals surface area contributed by atoms with Gasteiger partial charge in [-0.15, -0.1) is 0 Å². The highest BCUT2D eigenvalue weighted by molar-refractivity contribution is 6.35. The van der Waals surface area contributed by atoms with Gasteiger partial charge in [-0.3, -0.25) is 4.79 Å². The number of hydrogen-bond acceptors (Lipinski definition) is 1. The van der Waals surface area contributed by atoms with Crippen molar-refractivity contribution in [3.63, 3.8) is 0 Å². The van der Waals surface area contributed by atoms with Gasteiger partial charge in [-0.25, -0.2) is 8.78 Å². The Balaban J connectivity index is 2.18. The minimum absolute atomic E-state index is 0.0526. The minimum Gasteiger partial charge on any atom is -0.360 e. The number of carbonyl (C=O) groups excluding carboxylic acids is 1. The lowest BCUT2D eigenvalue weighted by molar-refractivity contribution is 0.104. The second-order valence-electron chi connectivity index (χ2n) is 4.32. The van der Waals surface area contributed by atoms with Crippen LogP contribution in [0.25, 0.3) is 10.9 Å². The zero-order valence-corrected chi connectivity index (χ0v) is 10.8. The lowest BCUT2D eigenvalue weighted by atomic mass is 10.0. The summed E-state index contributed by atoms with van der Waals surface area (Å²) in [6, 6.07) is 8.10. The topological polar surface area (TPSA) is 32.9 Å². The molecular formula is C15H8ClF2NO. The second kappa shape index (κ2) is 4.72. The van der Waals surface area contributed by atoms with Crippen LogP contribution in [0.3, 0.4) is 0 Å². The number of ketones is 1. The van der Waals surface area contributed by atoms with Crippen molar-refractivity contribution >= 4 is 28.3 Å². The molecule has 0 saturated carbocycles. The number of benzene rings is 2. The number of aromatic nitrogens is 1. The first-order valence-corrected chi connectivity index (χ1v) is 6.21. The van der Waals surface area contributed by atoms with Gasteiger partial charge in [-0.1, -0.05) is 17.7 Å². The molecule has 100 valence electrons. The first-order valence-electron chi connectivity index (χ1n) is 5.83. The molecule has 3 aromatic rings. The van der Waals surface area contributed by atoms with Crippen LogP contribution in [0.2, 0.25) is 5.02 Å². The maximum Gasteiger partial charge on any atom is 0.196 e. The van der Waals surface area contributed by atoms with Crippen molar-refractivity contribution in [2.45, 2.75) is 0 Å². The highest BCUT2D eigenvalue weighted by Crippen LogP contribution is 2.26. The van der Waals surface area contributed by atoms with E-state index in [0.717, 1.165) is 0 Å². The van der Waals surface area contributed by atoms with Gasteiger partial charge in [0.2, 0.25) is 0 Å². The van der Waals surface area contributed by atoms with Crippen molar-refractivity contribution < 1.29 is 13.6 Å². The van der Waals surface area contributed by atoms with Crippen molar-refractivity contribution in [2.75, 3.05) is 0 Å². The fourth-order valence-corrected chi connectivity index (χ4v) is 2.32. The maximum atomic E-state index is 13.4. The van der Waals surface area contributed by atoms with E-state index in [4.69, 9.17) is 11.6 Å². The Morgan fingerprint density at radius 3 is 2.70 bits per heavy atom. The Kier molecular flexibility index (Phi) is 3.03. The maximum absolute atomic E-state index is 13.4. The summed E-state index contributed by atoms with van der Waals surface area (Å²) in [5.41, 5.74) is 0.936. The number of aromatic amines is 1. The SMILES string of the molecule is O=C(c1cccc(F)c1Cl)c1c[nH]c2ccc(F)cc12. The summed E-state index contributed by atoms with van der Waals surface area (Å²) in [7, 11) is 0. The summed E-state index contributed by atoms with van der Waals surface area (Å²) < 4.78 is 26.7. The van der Waals surface area contributed by atoms with Crippen LogP contribution in [0.5, 0.6) is 0 Å². The molecule has 0 aliphatic heterocycles. The van der Waals surface area contributed by atoms with Crippen molar-refractivity contribution in [3.05, 3.63) is 70.4 Å². The fraction of sp³-hybridized carbons (Fsp3) is 0. The largest absolute Gasteiger partial charge is 0.360 e. The molecule has 5 heteroatoms. The number of rotatable bonds is 2. The first kappa shape index (κ1) is 12.8. The third-order valence-electron chi connectivity index (χ3n) is 3.08. The molecule has 0 saturated heterocycles. The van der Waals surface area contributed by atoms with Crippen LogP contribution >= 0.6 is 11.6 Å². The monoisotopic (exact) mass is 291 g/mol. The number of halogens is 3. The molecule has 0 spiro atoms. The molecule has 0 radical (unpaired) electrons. The predicted octanol–water partition coefficient (Wildman–Crippen LogP) is 4.33. The predicted molar refractivity (Wildman–Crippen MR) is 73.1 cm³/mol. The van der Waals surface area contributed by atoms with E-state index in [2.05, 4.69) is 4.98 Å². The van der Waals surface area contributed by atoms with E-state index in [9.17, 15) is 13.6 Å². The lowest BCUT2D eigenvalue weighted by Crippen LogP contribution is -2.02. The Morgan fingerprint density at radius 2 is 1.90 bits per heavy atom. The molecule has 0 bridgehead atoms. The molecule has 0 aliphatic rings. The summed E-state index contributed by atoms with van der Waals surface area (Å²) in [6.45, 7) is 0. The van der Waals surface area contributed by atoms with E-state index in [0.29, 0.717) is 10.9 Å². The second-order valence-corrected chi connectivity index (χ2v) is 4.70. The molecule has 20 heavy (non-hydrogen) atoms. The minimum atomic E-state index is -0.663. The third-order valence-corrected chi connectivity index (χ3v) is 3.47. The first-order chi connectivity index (χ1) is 9.58. The lowest BCUT2D eigenvalue weighted by Gasteiger charge is -2.03. The quantitative estimate of drug-likeness (QED) is 0.700. The molecule has 1 heterocycles. The van der Waals surface area contributed by atoms with Crippen molar-refractivity contribution in [2.24, 2.45) is 0 Å². The van der Waals surface area contributed by atoms with E-state index in [1.165, 1.54) is 42.6 Å². The number of carbonyl (C=O) groups is 1. The molecule has 2 nitrogen and oxygen atoms in total. The van der Waals surface area contributed by atoms with Crippen molar-refractivity contribution in [1.29, 1.82) is 0 Å². The number of fused-ring (bicyclic) bond motifs is 1. The van der Waals surface area contributed by atoms with E-state index >= 15 is 0 Å². The Morgan fingerprint density at radius 1 is 1.10 bits per heavy atom. The summed E-state index contributed by atoms with van der Waals surface area (Å²) in [6.07, 6.45) is 1.47. The van der Waals surface area contributed by atoms with Crippen LogP contribution in [0.1, 0.15) is 15.9 Å². The number of nitrogens with one attached hydrogen (secondary N) is 1. The molecule has 0 unspecified atom stereocenters. The Bertz CT molecular complexity index is 826. The van der Waals surface area contributed by atoms with Crippen LogP contribution < -0.4 is 0 Å². The number of hydrogen-bond donors (Lipinski definition) is 1. The third kappa shape index (κ3) is 1.98. The highest BCUT2D eigenvalue weighted by Gasteiger charge is 2.18. The molecule has 3 rings (SSSR count). The van der Waals surface area contributed by atoms with Gasteiger partial charge in [0, 0.05) is 28.2 Å². The van der Waals surface area contributed by atoms with Gasteiger partial charge in [-0.2, -0.15) is 0 Å². The van der Waals surface area contributed by atoms with Gasteiger partial charge in [0.25, 0.3) is 0 Å². The zero-order chi connectivity index (χ0) is 14.3. The molecule has 1 N–H and O–H groups in total. The summed E-state index contributed by atoms with van der Waals surface area (Å²) in [4.78, 5) is 15.3. The number of H-pyrrole nitrogens is 1. The van der Waals surface area contributed by atoms with Crippen molar-refractivity contribution in [1.82, 2.24) is 4.98 Å². The molecule has 2 aromatic carbocycles. The Labute approximate surface area is 118 Å². The van der Waals surface area contributed by atoms with Gasteiger partial charge in [0.1, 0.15) is 11.6 Å². The molecule has 0 aliphatic carbocycles. The van der Waals surface area contributed by atoms with Crippen LogP contribution in [-0.2, 0) is 0 Å². The van der Waals surface area contributed by atoms with Gasteiger partial charge in [-0.05, 0) is 30.3 Å². The normalized spacial score (nSPS) is 10.9. The van der Waals surface area contributed by atoms with Crippen molar-refractivity contribution in [3.8, 4) is 0 Å². The zero-order valence-electron chi connectivity index (χ0n) is 10.1. The van der Waals surface area contributed by atoms with Crippen LogP contribution in [-0.4, -0.2) is 10.8 Å². The van der Waals surface area contributed by atoms with Crippen LogP contribution in [0.4, 0.5) is 8.78 Å². The van der Waals surface area contributed by atoms with Gasteiger partial charge in [0.05, 0.1) is 5.02 Å². The van der Waals surface area contributed by atoms with E-state index in [1.807, 2.05) is 0 Å². The molecule has 1 aromatic heterocycles. The van der Waals surface area contributed by atoms with Crippen LogP contribution in [0.15, 0.2) is 42.6 Å². The van der Waals surface area contributed by atoms with Gasteiger partial charge < -0.3 is 4.98 Å². The van der Waals surface area contributed by atoms with Crippen LogP contribution in [0, 0.1) is 11.6 Å². The van der Waals surface area contributed by atoms with E-state index < -0.39 is 17.4 Å².